The van der Waals surface area contributed by atoms with Gasteiger partial charge in [0.05, 0.1) is 26.7 Å². The highest BCUT2D eigenvalue weighted by Crippen LogP contribution is 2.38. The van der Waals surface area contributed by atoms with E-state index in [1.165, 1.54) is 17.1 Å². The van der Waals surface area contributed by atoms with Crippen molar-refractivity contribution >= 4 is 81.1 Å². The first kappa shape index (κ1) is 26.1. The second kappa shape index (κ2) is 11.0. The van der Waals surface area contributed by atoms with E-state index in [-0.39, 0.29) is 34.2 Å². The summed E-state index contributed by atoms with van der Waals surface area (Å²) in [5.74, 6) is -0.364. The van der Waals surface area contributed by atoms with Crippen LogP contribution < -0.4 is 20.5 Å². The molecule has 4 rings (SSSR count). The summed E-state index contributed by atoms with van der Waals surface area (Å²) in [4.78, 5) is 29.9. The van der Waals surface area contributed by atoms with Crippen molar-refractivity contribution in [2.75, 3.05) is 16.9 Å². The first-order valence-electron chi connectivity index (χ1n) is 10.7. The summed E-state index contributed by atoms with van der Waals surface area (Å²) in [6, 6.07) is 15.2. The van der Waals surface area contributed by atoms with E-state index in [9.17, 15) is 9.59 Å². The van der Waals surface area contributed by atoms with Crippen LogP contribution >= 0.6 is 46.4 Å². The van der Waals surface area contributed by atoms with Crippen LogP contribution in [0.5, 0.6) is 5.75 Å². The van der Waals surface area contributed by atoms with E-state index in [1.54, 1.807) is 31.2 Å². The van der Waals surface area contributed by atoms with Crippen molar-refractivity contribution in [2.45, 2.75) is 13.8 Å². The summed E-state index contributed by atoms with van der Waals surface area (Å²) in [6.45, 7) is 3.46. The number of anilines is 2. The highest BCUT2D eigenvalue weighted by atomic mass is 35.5. The number of rotatable bonds is 6. The fourth-order valence-electron chi connectivity index (χ4n) is 3.47. The number of halogens is 4. The third kappa shape index (κ3) is 5.87. The Morgan fingerprint density at radius 1 is 1.06 bits per heavy atom. The number of amidine groups is 1. The zero-order valence-corrected chi connectivity index (χ0v) is 22.1. The van der Waals surface area contributed by atoms with Crippen molar-refractivity contribution in [1.29, 1.82) is 0 Å². The molecule has 0 saturated carbocycles. The lowest BCUT2D eigenvalue weighted by Gasteiger charge is -2.19. The van der Waals surface area contributed by atoms with Gasteiger partial charge in [-0.25, -0.2) is 10.0 Å². The number of ether oxygens (including phenoxy) is 1. The van der Waals surface area contributed by atoms with Crippen LogP contribution in [-0.4, -0.2) is 24.3 Å². The number of amides is 2. The summed E-state index contributed by atoms with van der Waals surface area (Å²) >= 11 is 24.9. The lowest BCUT2D eigenvalue weighted by molar-refractivity contribution is -0.119. The Bertz CT molecular complexity index is 1360. The van der Waals surface area contributed by atoms with Crippen LogP contribution in [0.25, 0.3) is 0 Å². The minimum absolute atomic E-state index is 0.166. The molecular weight excluding hydrogens is 546 g/mol. The van der Waals surface area contributed by atoms with Gasteiger partial charge in [0.25, 0.3) is 11.8 Å². The molecule has 11 heteroatoms. The van der Waals surface area contributed by atoms with Gasteiger partial charge in [-0.15, -0.1) is 0 Å². The Hall–Kier alpha value is -2.97. The van der Waals surface area contributed by atoms with E-state index in [0.717, 1.165) is 5.56 Å². The van der Waals surface area contributed by atoms with Gasteiger partial charge in [0.15, 0.2) is 6.61 Å². The molecule has 0 bridgehead atoms. The summed E-state index contributed by atoms with van der Waals surface area (Å²) in [6.07, 6.45) is 0. The zero-order valence-electron chi connectivity index (χ0n) is 19.1. The van der Waals surface area contributed by atoms with Crippen molar-refractivity contribution in [3.8, 4) is 5.75 Å². The first-order chi connectivity index (χ1) is 17.1. The molecule has 3 aromatic rings. The highest BCUT2D eigenvalue weighted by Gasteiger charge is 2.37. The van der Waals surface area contributed by atoms with Gasteiger partial charge in [0.2, 0.25) is 0 Å². The highest BCUT2D eigenvalue weighted by molar-refractivity contribution is 6.43. The number of aryl methyl sites for hydroxylation is 1. The second-order valence-electron chi connectivity index (χ2n) is 8.04. The van der Waals surface area contributed by atoms with Crippen molar-refractivity contribution < 1.29 is 14.3 Å². The number of nitrogens with one attached hydrogen (secondary N) is 2. The van der Waals surface area contributed by atoms with E-state index in [2.05, 4.69) is 15.7 Å². The summed E-state index contributed by atoms with van der Waals surface area (Å²) in [7, 11) is 0. The van der Waals surface area contributed by atoms with Crippen LogP contribution in [0.1, 0.15) is 12.5 Å². The molecule has 2 N–H and O–H groups in total. The number of aliphatic imine (C=N–C) groups is 1. The average molecular weight is 566 g/mol. The van der Waals surface area contributed by atoms with Gasteiger partial charge in [0, 0.05) is 10.7 Å². The maximum Gasteiger partial charge on any atom is 0.262 e. The van der Waals surface area contributed by atoms with E-state index in [4.69, 9.17) is 51.1 Å². The average Bonchev–Trinajstić information content (AvgIpc) is 3.08. The third-order valence-electron chi connectivity index (χ3n) is 5.26. The molecule has 3 aromatic carbocycles. The maximum atomic E-state index is 12.9. The number of carbonyl (C=O) groups is 2. The number of benzene rings is 3. The molecule has 0 aliphatic carbocycles. The van der Waals surface area contributed by atoms with Crippen LogP contribution in [0.4, 0.5) is 17.1 Å². The number of hydrogen-bond donors (Lipinski definition) is 2. The van der Waals surface area contributed by atoms with E-state index in [1.807, 2.05) is 25.1 Å². The molecule has 0 aromatic heterocycles. The molecule has 2 amide bonds. The lowest BCUT2D eigenvalue weighted by Crippen LogP contribution is -2.36. The van der Waals surface area contributed by atoms with Gasteiger partial charge in [-0.1, -0.05) is 58.5 Å². The van der Waals surface area contributed by atoms with Gasteiger partial charge in [-0.2, -0.15) is 0 Å². The van der Waals surface area contributed by atoms with E-state index < -0.39 is 5.92 Å². The number of hydrogen-bond acceptors (Lipinski definition) is 4. The maximum absolute atomic E-state index is 12.9. The molecule has 1 heterocycles. The van der Waals surface area contributed by atoms with Gasteiger partial charge in [0.1, 0.15) is 17.3 Å². The van der Waals surface area contributed by atoms with Gasteiger partial charge < -0.3 is 10.1 Å². The second-order valence-corrected chi connectivity index (χ2v) is 9.70. The summed E-state index contributed by atoms with van der Waals surface area (Å²) in [5, 5.41) is 5.07. The van der Waals surface area contributed by atoms with Crippen molar-refractivity contribution in [3.63, 3.8) is 0 Å². The molecule has 1 aliphatic rings. The Labute approximate surface area is 227 Å². The molecule has 1 aliphatic heterocycles. The molecule has 36 heavy (non-hydrogen) atoms. The normalized spacial score (nSPS) is 16.3. The molecular formula is C25H20Cl4N4O3. The lowest BCUT2D eigenvalue weighted by atomic mass is 10.1. The minimum atomic E-state index is -0.634. The molecule has 0 radical (unpaired) electrons. The van der Waals surface area contributed by atoms with E-state index in [0.29, 0.717) is 33.0 Å². The van der Waals surface area contributed by atoms with Crippen LogP contribution in [0, 0.1) is 12.8 Å². The van der Waals surface area contributed by atoms with Crippen LogP contribution in [0.2, 0.25) is 20.1 Å². The topological polar surface area (TPSA) is 83.0 Å². The quantitative estimate of drug-likeness (QED) is 0.342. The third-order valence-corrected chi connectivity index (χ3v) is 6.38. The van der Waals surface area contributed by atoms with Crippen molar-refractivity contribution in [1.82, 2.24) is 5.43 Å². The molecule has 1 fully saturated rings. The largest absolute Gasteiger partial charge is 0.484 e. The number of carbonyl (C=O) groups excluding carboxylic acids is 2. The fourth-order valence-corrected chi connectivity index (χ4v) is 4.62. The first-order valence-corrected chi connectivity index (χ1v) is 12.3. The van der Waals surface area contributed by atoms with Crippen molar-refractivity contribution in [2.24, 2.45) is 10.9 Å². The zero-order chi connectivity index (χ0) is 26.0. The Balaban J connectivity index is 1.51. The van der Waals surface area contributed by atoms with E-state index >= 15 is 0 Å². The van der Waals surface area contributed by atoms with Gasteiger partial charge in [-0.3, -0.25) is 15.0 Å². The predicted molar refractivity (Wildman–Crippen MR) is 145 cm³/mol. The smallest absolute Gasteiger partial charge is 0.262 e. The molecule has 186 valence electrons. The van der Waals surface area contributed by atoms with Gasteiger partial charge in [-0.05, 0) is 61.9 Å². The Kier molecular flexibility index (Phi) is 7.95. The standard InChI is InChI=1S/C25H20Cl4N4O3/c1-13-4-3-5-17(8-13)36-12-22(34)30-16-6-7-18(27)21(11-16)31-24-14(2)25(35)33(32-24)23-19(28)9-15(26)10-20(23)29/h3-11,14H,12H2,1-2H3,(H,30,34)(H,31,32). The fraction of sp³-hybridized carbons (Fsp3) is 0.160. The number of nitrogens with zero attached hydrogens (tertiary/aromatic N) is 2. The summed E-state index contributed by atoms with van der Waals surface area (Å²) < 4.78 is 5.54. The molecule has 1 unspecified atom stereocenters. The SMILES string of the molecule is Cc1cccc(OCC(=O)Nc2ccc(Cl)c(N=C3NN(c4c(Cl)cc(Cl)cc4Cl)C(=O)C3C)c2)c1. The molecule has 1 saturated heterocycles. The van der Waals surface area contributed by atoms with Crippen LogP contribution in [0.3, 0.4) is 0 Å². The minimum Gasteiger partial charge on any atom is -0.484 e. The summed E-state index contributed by atoms with van der Waals surface area (Å²) in [5.41, 5.74) is 5.06. The monoisotopic (exact) mass is 564 g/mol. The molecule has 7 nitrogen and oxygen atoms in total. The Morgan fingerprint density at radius 2 is 1.78 bits per heavy atom. The Morgan fingerprint density at radius 3 is 2.47 bits per heavy atom. The molecule has 1 atom stereocenters. The van der Waals surface area contributed by atoms with Crippen LogP contribution in [0.15, 0.2) is 59.6 Å². The molecule has 0 spiro atoms. The predicted octanol–water partition coefficient (Wildman–Crippen LogP) is 6.84. The van der Waals surface area contributed by atoms with Gasteiger partial charge >= 0.3 is 0 Å². The number of hydrazine groups is 1. The van der Waals surface area contributed by atoms with Crippen LogP contribution in [-0.2, 0) is 9.59 Å². The van der Waals surface area contributed by atoms with Crippen molar-refractivity contribution in [3.05, 3.63) is 80.3 Å².